The van der Waals surface area contributed by atoms with Gasteiger partial charge in [-0.3, -0.25) is 0 Å². The molecule has 1 unspecified atom stereocenters. The number of likely N-dealkylation sites (tertiary alicyclic amines) is 1. The molecule has 8 heteroatoms. The van der Waals surface area contributed by atoms with Crippen molar-refractivity contribution in [2.24, 2.45) is 11.8 Å². The standard InChI is InChI=1S/C22H27N5O2S/c1-15-4-6-19(7-5-15)30(28,29)27-9-8-20-21(23-14-24-22(20)27)26(3)18-10-16-12-25(2)13-17(16)11-18/h4-9,14,16-18H,10-13H2,1-3H3/t16-,17+,18?. The van der Waals surface area contributed by atoms with Crippen molar-refractivity contribution < 1.29 is 8.42 Å². The highest BCUT2D eigenvalue weighted by Crippen LogP contribution is 2.41. The van der Waals surface area contributed by atoms with Gasteiger partial charge in [-0.2, -0.15) is 0 Å². The highest BCUT2D eigenvalue weighted by molar-refractivity contribution is 7.90. The van der Waals surface area contributed by atoms with Gasteiger partial charge < -0.3 is 9.80 Å². The summed E-state index contributed by atoms with van der Waals surface area (Å²) in [7, 11) is 0.552. The second-order valence-corrected chi connectivity index (χ2v) is 10.7. The maximum absolute atomic E-state index is 13.2. The Morgan fingerprint density at radius 1 is 1.03 bits per heavy atom. The second kappa shape index (κ2) is 7.06. The summed E-state index contributed by atoms with van der Waals surface area (Å²) in [5.41, 5.74) is 1.44. The molecule has 158 valence electrons. The van der Waals surface area contributed by atoms with Crippen LogP contribution < -0.4 is 4.90 Å². The molecular formula is C22H27N5O2S. The van der Waals surface area contributed by atoms with E-state index in [-0.39, 0.29) is 4.90 Å². The van der Waals surface area contributed by atoms with E-state index in [4.69, 9.17) is 0 Å². The minimum Gasteiger partial charge on any atom is -0.356 e. The number of benzene rings is 1. The largest absolute Gasteiger partial charge is 0.356 e. The van der Waals surface area contributed by atoms with Gasteiger partial charge in [-0.05, 0) is 56.8 Å². The maximum atomic E-state index is 13.2. The normalized spacial score (nSPS) is 24.4. The molecule has 0 amide bonds. The van der Waals surface area contributed by atoms with Gasteiger partial charge in [-0.1, -0.05) is 17.7 Å². The van der Waals surface area contributed by atoms with Crippen LogP contribution in [0.1, 0.15) is 18.4 Å². The van der Waals surface area contributed by atoms with Crippen LogP contribution in [0.25, 0.3) is 11.0 Å². The molecule has 1 saturated carbocycles. The molecule has 0 spiro atoms. The molecule has 1 saturated heterocycles. The molecular weight excluding hydrogens is 398 g/mol. The number of rotatable bonds is 4. The van der Waals surface area contributed by atoms with Gasteiger partial charge in [0.1, 0.15) is 12.1 Å². The highest BCUT2D eigenvalue weighted by atomic mass is 32.2. The molecule has 2 aliphatic rings. The third-order valence-corrected chi connectivity index (χ3v) is 8.48. The summed E-state index contributed by atoms with van der Waals surface area (Å²) in [6, 6.07) is 9.13. The Kier molecular flexibility index (Phi) is 4.59. The van der Waals surface area contributed by atoms with Crippen molar-refractivity contribution in [2.45, 2.75) is 30.7 Å². The van der Waals surface area contributed by atoms with Crippen molar-refractivity contribution >= 4 is 26.9 Å². The van der Waals surface area contributed by atoms with E-state index < -0.39 is 10.0 Å². The second-order valence-electron chi connectivity index (χ2n) is 8.84. The number of nitrogens with zero attached hydrogens (tertiary/aromatic N) is 5. The van der Waals surface area contributed by atoms with Crippen LogP contribution in [0.3, 0.4) is 0 Å². The zero-order valence-electron chi connectivity index (χ0n) is 17.6. The average Bonchev–Trinajstić information content (AvgIpc) is 3.40. The van der Waals surface area contributed by atoms with E-state index in [1.54, 1.807) is 30.5 Å². The number of hydrogen-bond acceptors (Lipinski definition) is 6. The van der Waals surface area contributed by atoms with Crippen LogP contribution in [-0.2, 0) is 10.0 Å². The fourth-order valence-electron chi connectivity index (χ4n) is 5.21. The first-order valence-electron chi connectivity index (χ1n) is 10.4. The van der Waals surface area contributed by atoms with Crippen LogP contribution in [0.2, 0.25) is 0 Å². The summed E-state index contributed by atoms with van der Waals surface area (Å²) >= 11 is 0. The average molecular weight is 426 g/mol. The summed E-state index contributed by atoms with van der Waals surface area (Å²) < 4.78 is 27.7. The Labute approximate surface area is 177 Å². The molecule has 1 aliphatic carbocycles. The molecule has 0 N–H and O–H groups in total. The quantitative estimate of drug-likeness (QED) is 0.640. The van der Waals surface area contributed by atoms with Crippen LogP contribution in [0.4, 0.5) is 5.82 Å². The summed E-state index contributed by atoms with van der Waals surface area (Å²) in [4.78, 5) is 13.8. The Balaban J connectivity index is 1.49. The number of aromatic nitrogens is 3. The predicted octanol–water partition coefficient (Wildman–Crippen LogP) is 2.75. The van der Waals surface area contributed by atoms with Gasteiger partial charge in [0, 0.05) is 32.4 Å². The number of hydrogen-bond donors (Lipinski definition) is 0. The van der Waals surface area contributed by atoms with Crippen molar-refractivity contribution in [1.82, 2.24) is 18.8 Å². The van der Waals surface area contributed by atoms with Crippen LogP contribution in [0.15, 0.2) is 47.8 Å². The van der Waals surface area contributed by atoms with E-state index in [1.807, 2.05) is 13.0 Å². The highest BCUT2D eigenvalue weighted by Gasteiger charge is 2.41. The van der Waals surface area contributed by atoms with E-state index in [9.17, 15) is 8.42 Å². The summed E-state index contributed by atoms with van der Waals surface area (Å²) in [6.07, 6.45) is 5.36. The van der Waals surface area contributed by atoms with Crippen molar-refractivity contribution in [3.63, 3.8) is 0 Å². The molecule has 3 atom stereocenters. The van der Waals surface area contributed by atoms with Gasteiger partial charge in [0.05, 0.1) is 10.3 Å². The van der Waals surface area contributed by atoms with Gasteiger partial charge >= 0.3 is 0 Å². The lowest BCUT2D eigenvalue weighted by Crippen LogP contribution is -2.32. The SMILES string of the molecule is Cc1ccc(S(=O)(=O)n2ccc3c(N(C)C4C[C@@H]5CN(C)C[C@@H]5C4)ncnc32)cc1. The summed E-state index contributed by atoms with van der Waals surface area (Å²) in [6.45, 7) is 4.27. The van der Waals surface area contributed by atoms with E-state index in [1.165, 1.54) is 23.4 Å². The third kappa shape index (κ3) is 3.09. The molecule has 1 aromatic carbocycles. The first kappa shape index (κ1) is 19.5. The fourth-order valence-corrected chi connectivity index (χ4v) is 6.51. The molecule has 30 heavy (non-hydrogen) atoms. The molecule has 1 aliphatic heterocycles. The smallest absolute Gasteiger partial charge is 0.269 e. The first-order valence-corrected chi connectivity index (χ1v) is 11.8. The van der Waals surface area contributed by atoms with Crippen LogP contribution >= 0.6 is 0 Å². The molecule has 7 nitrogen and oxygen atoms in total. The lowest BCUT2D eigenvalue weighted by Gasteiger charge is -2.27. The van der Waals surface area contributed by atoms with Crippen LogP contribution in [0.5, 0.6) is 0 Å². The molecule has 5 rings (SSSR count). The number of anilines is 1. The van der Waals surface area contributed by atoms with Gasteiger partial charge in [0.25, 0.3) is 10.0 Å². The fraction of sp³-hybridized carbons (Fsp3) is 0.455. The number of aryl methyl sites for hydroxylation is 1. The van der Waals surface area contributed by atoms with Gasteiger partial charge in [-0.25, -0.2) is 22.4 Å². The van der Waals surface area contributed by atoms with Crippen LogP contribution in [-0.4, -0.2) is 60.5 Å². The Hall–Kier alpha value is -2.45. The van der Waals surface area contributed by atoms with E-state index in [2.05, 4.69) is 33.9 Å². The van der Waals surface area contributed by atoms with Crippen molar-refractivity contribution in [2.75, 3.05) is 32.1 Å². The predicted molar refractivity (Wildman–Crippen MR) is 117 cm³/mol. The lowest BCUT2D eigenvalue weighted by atomic mass is 10.0. The third-order valence-electron chi connectivity index (χ3n) is 6.80. The first-order chi connectivity index (χ1) is 14.3. The van der Waals surface area contributed by atoms with Gasteiger partial charge in [0.15, 0.2) is 5.65 Å². The minimum absolute atomic E-state index is 0.256. The molecule has 3 aromatic rings. The summed E-state index contributed by atoms with van der Waals surface area (Å²) in [5, 5.41) is 0.768. The van der Waals surface area contributed by atoms with Gasteiger partial charge in [0.2, 0.25) is 0 Å². The Morgan fingerprint density at radius 2 is 1.70 bits per heavy atom. The maximum Gasteiger partial charge on any atom is 0.269 e. The monoisotopic (exact) mass is 425 g/mol. The zero-order chi connectivity index (χ0) is 21.0. The zero-order valence-corrected chi connectivity index (χ0v) is 18.4. The van der Waals surface area contributed by atoms with E-state index >= 15 is 0 Å². The van der Waals surface area contributed by atoms with Crippen molar-refractivity contribution in [1.29, 1.82) is 0 Å². The molecule has 0 radical (unpaired) electrons. The minimum atomic E-state index is -3.72. The Morgan fingerprint density at radius 3 is 2.37 bits per heavy atom. The lowest BCUT2D eigenvalue weighted by molar-refractivity contribution is 0.369. The Bertz CT molecular complexity index is 1170. The van der Waals surface area contributed by atoms with E-state index in [0.717, 1.165) is 41.4 Å². The molecule has 2 aromatic heterocycles. The molecule has 0 bridgehead atoms. The van der Waals surface area contributed by atoms with Crippen LogP contribution in [0, 0.1) is 18.8 Å². The van der Waals surface area contributed by atoms with Crippen molar-refractivity contribution in [3.8, 4) is 0 Å². The van der Waals surface area contributed by atoms with E-state index in [0.29, 0.717) is 11.7 Å². The number of fused-ring (bicyclic) bond motifs is 2. The van der Waals surface area contributed by atoms with Crippen molar-refractivity contribution in [3.05, 3.63) is 48.4 Å². The topological polar surface area (TPSA) is 71.3 Å². The molecule has 2 fully saturated rings. The van der Waals surface area contributed by atoms with Gasteiger partial charge in [-0.15, -0.1) is 0 Å². The molecule has 3 heterocycles. The summed E-state index contributed by atoms with van der Waals surface area (Å²) in [5.74, 6) is 2.29.